The topological polar surface area (TPSA) is 41.1 Å². The first-order chi connectivity index (χ1) is 9.58. The molecule has 1 aliphatic rings. The molecule has 1 amide bonds. The van der Waals surface area contributed by atoms with E-state index in [0.717, 1.165) is 24.3 Å². The van der Waals surface area contributed by atoms with Crippen molar-refractivity contribution in [3.63, 3.8) is 0 Å². The summed E-state index contributed by atoms with van der Waals surface area (Å²) in [7, 11) is 0. The van der Waals surface area contributed by atoms with Crippen LogP contribution in [0.5, 0.6) is 0 Å². The Hall–Kier alpha value is -0.420. The fourth-order valence-electron chi connectivity index (χ4n) is 2.33. The van der Waals surface area contributed by atoms with Crippen LogP contribution in [-0.4, -0.2) is 29.8 Å². The number of piperidine rings is 1. The SMILES string of the molecule is CC(Sc1ccccc1Cl)C(=O)NC1CCCNC1C.Cl. The van der Waals surface area contributed by atoms with Crippen molar-refractivity contribution in [2.24, 2.45) is 0 Å². The number of hydrogen-bond donors (Lipinski definition) is 2. The summed E-state index contributed by atoms with van der Waals surface area (Å²) in [6, 6.07) is 8.19. The largest absolute Gasteiger partial charge is 0.351 e. The van der Waals surface area contributed by atoms with E-state index in [9.17, 15) is 4.79 Å². The fourth-order valence-corrected chi connectivity index (χ4v) is 3.49. The molecule has 21 heavy (non-hydrogen) atoms. The van der Waals surface area contributed by atoms with Crippen LogP contribution >= 0.6 is 35.8 Å². The van der Waals surface area contributed by atoms with Crippen molar-refractivity contribution in [1.29, 1.82) is 0 Å². The highest BCUT2D eigenvalue weighted by Gasteiger charge is 2.25. The van der Waals surface area contributed by atoms with E-state index in [4.69, 9.17) is 11.6 Å². The Morgan fingerprint density at radius 2 is 2.19 bits per heavy atom. The third-order valence-electron chi connectivity index (χ3n) is 3.60. The number of carbonyl (C=O) groups is 1. The zero-order chi connectivity index (χ0) is 14.5. The molecule has 0 radical (unpaired) electrons. The summed E-state index contributed by atoms with van der Waals surface area (Å²) in [6.07, 6.45) is 2.16. The van der Waals surface area contributed by atoms with E-state index in [0.29, 0.717) is 11.1 Å². The van der Waals surface area contributed by atoms with Crippen molar-refractivity contribution in [3.8, 4) is 0 Å². The average molecular weight is 349 g/mol. The van der Waals surface area contributed by atoms with Gasteiger partial charge in [0.15, 0.2) is 0 Å². The summed E-state index contributed by atoms with van der Waals surface area (Å²) in [5.41, 5.74) is 0. The summed E-state index contributed by atoms with van der Waals surface area (Å²) in [4.78, 5) is 13.2. The molecule has 3 nitrogen and oxygen atoms in total. The monoisotopic (exact) mass is 348 g/mol. The zero-order valence-corrected chi connectivity index (χ0v) is 14.7. The number of hydrogen-bond acceptors (Lipinski definition) is 3. The van der Waals surface area contributed by atoms with Gasteiger partial charge in [0.1, 0.15) is 0 Å². The van der Waals surface area contributed by atoms with Gasteiger partial charge in [-0.05, 0) is 45.4 Å². The molecule has 2 rings (SSSR count). The third-order valence-corrected chi connectivity index (χ3v) is 5.22. The lowest BCUT2D eigenvalue weighted by Gasteiger charge is -2.31. The van der Waals surface area contributed by atoms with Gasteiger partial charge in [0.05, 0.1) is 10.3 Å². The average Bonchev–Trinajstić information content (AvgIpc) is 2.43. The second kappa shape index (κ2) is 8.89. The molecule has 2 N–H and O–H groups in total. The number of benzene rings is 1. The molecule has 1 fully saturated rings. The Bertz CT molecular complexity index is 473. The standard InChI is InChI=1S/C15H21ClN2OS.ClH/c1-10-13(7-5-9-17-10)18-15(19)11(2)20-14-8-4-3-6-12(14)16;/h3-4,6,8,10-11,13,17H,5,7,9H2,1-2H3,(H,18,19);1H. The highest BCUT2D eigenvalue weighted by molar-refractivity contribution is 8.00. The van der Waals surface area contributed by atoms with E-state index < -0.39 is 0 Å². The third kappa shape index (κ3) is 5.37. The number of rotatable bonds is 4. The second-order valence-electron chi connectivity index (χ2n) is 5.19. The molecule has 0 saturated carbocycles. The molecule has 1 aliphatic heterocycles. The molecule has 3 atom stereocenters. The van der Waals surface area contributed by atoms with Gasteiger partial charge in [-0.2, -0.15) is 0 Å². The van der Waals surface area contributed by atoms with Crippen LogP contribution in [0.4, 0.5) is 0 Å². The second-order valence-corrected chi connectivity index (χ2v) is 6.98. The number of halogens is 2. The maximum Gasteiger partial charge on any atom is 0.233 e. The van der Waals surface area contributed by atoms with Crippen LogP contribution < -0.4 is 10.6 Å². The van der Waals surface area contributed by atoms with Crippen molar-refractivity contribution < 1.29 is 4.79 Å². The zero-order valence-electron chi connectivity index (χ0n) is 12.3. The molecular formula is C15H22Cl2N2OS. The molecule has 0 bridgehead atoms. The van der Waals surface area contributed by atoms with Crippen molar-refractivity contribution >= 4 is 41.7 Å². The molecule has 1 aromatic rings. The van der Waals surface area contributed by atoms with Gasteiger partial charge in [-0.15, -0.1) is 24.2 Å². The van der Waals surface area contributed by atoms with Crippen LogP contribution in [0, 0.1) is 0 Å². The van der Waals surface area contributed by atoms with Crippen LogP contribution in [-0.2, 0) is 4.79 Å². The summed E-state index contributed by atoms with van der Waals surface area (Å²) >= 11 is 7.63. The quantitative estimate of drug-likeness (QED) is 0.818. The van der Waals surface area contributed by atoms with Crippen LogP contribution in [0.15, 0.2) is 29.2 Å². The van der Waals surface area contributed by atoms with E-state index in [-0.39, 0.29) is 29.6 Å². The molecule has 6 heteroatoms. The van der Waals surface area contributed by atoms with Gasteiger partial charge in [0.25, 0.3) is 0 Å². The van der Waals surface area contributed by atoms with Crippen molar-refractivity contribution in [3.05, 3.63) is 29.3 Å². The Balaban J connectivity index is 0.00000220. The summed E-state index contributed by atoms with van der Waals surface area (Å²) in [5, 5.41) is 7.09. The van der Waals surface area contributed by atoms with E-state index in [1.54, 1.807) is 0 Å². The van der Waals surface area contributed by atoms with Gasteiger partial charge in [0.2, 0.25) is 5.91 Å². The lowest BCUT2D eigenvalue weighted by molar-refractivity contribution is -0.121. The smallest absolute Gasteiger partial charge is 0.233 e. The predicted octanol–water partition coefficient (Wildman–Crippen LogP) is 3.50. The van der Waals surface area contributed by atoms with Gasteiger partial charge in [-0.3, -0.25) is 4.79 Å². The number of carbonyl (C=O) groups excluding carboxylic acids is 1. The van der Waals surface area contributed by atoms with Crippen LogP contribution in [0.25, 0.3) is 0 Å². The first-order valence-corrected chi connectivity index (χ1v) is 8.28. The normalized spacial score (nSPS) is 23.0. The van der Waals surface area contributed by atoms with Gasteiger partial charge in [-0.1, -0.05) is 23.7 Å². The Labute approximate surface area is 142 Å². The van der Waals surface area contributed by atoms with Gasteiger partial charge >= 0.3 is 0 Å². The minimum atomic E-state index is -0.149. The van der Waals surface area contributed by atoms with E-state index >= 15 is 0 Å². The highest BCUT2D eigenvalue weighted by Crippen LogP contribution is 2.30. The molecule has 1 heterocycles. The van der Waals surface area contributed by atoms with Gasteiger partial charge in [-0.25, -0.2) is 0 Å². The summed E-state index contributed by atoms with van der Waals surface area (Å²) in [6.45, 7) is 5.08. The first kappa shape index (κ1) is 18.6. The lowest BCUT2D eigenvalue weighted by atomic mass is 10.00. The molecule has 3 unspecified atom stereocenters. The van der Waals surface area contributed by atoms with Crippen LogP contribution in [0.1, 0.15) is 26.7 Å². The lowest BCUT2D eigenvalue weighted by Crippen LogP contribution is -2.53. The Kier molecular flexibility index (Phi) is 7.88. The Morgan fingerprint density at radius 3 is 2.86 bits per heavy atom. The molecule has 118 valence electrons. The first-order valence-electron chi connectivity index (χ1n) is 7.03. The molecule has 0 aliphatic carbocycles. The fraction of sp³-hybridized carbons (Fsp3) is 0.533. The summed E-state index contributed by atoms with van der Waals surface area (Å²) < 4.78 is 0. The van der Waals surface area contributed by atoms with Gasteiger partial charge < -0.3 is 10.6 Å². The number of amides is 1. The molecule has 1 saturated heterocycles. The molecule has 0 spiro atoms. The molecule has 1 aromatic carbocycles. The number of thioether (sulfide) groups is 1. The van der Waals surface area contributed by atoms with Crippen molar-refractivity contribution in [2.75, 3.05) is 6.54 Å². The molecule has 0 aromatic heterocycles. The summed E-state index contributed by atoms with van der Waals surface area (Å²) in [5.74, 6) is 0.0791. The minimum absolute atomic E-state index is 0. The molecular weight excluding hydrogens is 327 g/mol. The maximum absolute atomic E-state index is 12.3. The van der Waals surface area contributed by atoms with E-state index in [1.807, 2.05) is 31.2 Å². The Morgan fingerprint density at radius 1 is 1.48 bits per heavy atom. The number of nitrogens with one attached hydrogen (secondary N) is 2. The predicted molar refractivity (Wildman–Crippen MR) is 92.6 cm³/mol. The minimum Gasteiger partial charge on any atom is -0.351 e. The van der Waals surface area contributed by atoms with E-state index in [2.05, 4.69) is 17.6 Å². The van der Waals surface area contributed by atoms with E-state index in [1.165, 1.54) is 11.8 Å². The maximum atomic E-state index is 12.3. The van der Waals surface area contributed by atoms with Gasteiger partial charge in [0, 0.05) is 17.0 Å². The van der Waals surface area contributed by atoms with Crippen LogP contribution in [0.3, 0.4) is 0 Å². The van der Waals surface area contributed by atoms with Crippen molar-refractivity contribution in [1.82, 2.24) is 10.6 Å². The van der Waals surface area contributed by atoms with Crippen LogP contribution in [0.2, 0.25) is 5.02 Å². The van der Waals surface area contributed by atoms with Crippen molar-refractivity contribution in [2.45, 2.75) is 48.9 Å². The highest BCUT2D eigenvalue weighted by atomic mass is 35.5.